The van der Waals surface area contributed by atoms with E-state index in [4.69, 9.17) is 10.4 Å². The second kappa shape index (κ2) is 4.58. The molecule has 0 bridgehead atoms. The Balaban J connectivity index is 2.71. The number of rotatable bonds is 3. The summed E-state index contributed by atoms with van der Waals surface area (Å²) in [4.78, 5) is 23.3. The number of aliphatic carboxylic acids is 1. The fraction of sp³-hybridized carbons (Fsp3) is 0.625. The van der Waals surface area contributed by atoms with Crippen molar-refractivity contribution < 1.29 is 14.7 Å². The molecule has 1 amide bonds. The van der Waals surface area contributed by atoms with Crippen LogP contribution in [0.25, 0.3) is 0 Å². The first-order valence-electron chi connectivity index (χ1n) is 4.26. The van der Waals surface area contributed by atoms with Crippen molar-refractivity contribution in [2.45, 2.75) is 12.5 Å². The van der Waals surface area contributed by atoms with Crippen LogP contribution in [0.3, 0.4) is 0 Å². The summed E-state index contributed by atoms with van der Waals surface area (Å²) in [7, 11) is 0. The summed E-state index contributed by atoms with van der Waals surface area (Å²) in [5.74, 6) is -1.39. The van der Waals surface area contributed by atoms with Crippen LogP contribution in [0, 0.1) is 11.3 Å². The first kappa shape index (κ1) is 10.5. The van der Waals surface area contributed by atoms with Crippen LogP contribution in [0.4, 0.5) is 0 Å². The predicted octanol–water partition coefficient (Wildman–Crippen LogP) is -1.21. The van der Waals surface area contributed by atoms with Gasteiger partial charge in [-0.3, -0.25) is 4.79 Å². The highest BCUT2D eigenvalue weighted by Crippen LogP contribution is 2.06. The third-order valence-electron chi connectivity index (χ3n) is 2.07. The van der Waals surface area contributed by atoms with Gasteiger partial charge in [-0.25, -0.2) is 4.79 Å². The van der Waals surface area contributed by atoms with Gasteiger partial charge in [0.25, 0.3) is 0 Å². The second-order valence-electron chi connectivity index (χ2n) is 2.98. The van der Waals surface area contributed by atoms with E-state index < -0.39 is 12.0 Å². The predicted molar refractivity (Wildman–Crippen MR) is 46.2 cm³/mol. The van der Waals surface area contributed by atoms with Gasteiger partial charge in [-0.15, -0.1) is 0 Å². The number of carboxylic acid groups (broad SMARTS) is 1. The largest absolute Gasteiger partial charge is 0.480 e. The van der Waals surface area contributed by atoms with Gasteiger partial charge in [0.2, 0.25) is 5.91 Å². The minimum atomic E-state index is -1.12. The van der Waals surface area contributed by atoms with Crippen LogP contribution in [0.5, 0.6) is 0 Å². The molecule has 0 aromatic heterocycles. The number of amides is 1. The van der Waals surface area contributed by atoms with Gasteiger partial charge in [0.15, 0.2) is 0 Å². The minimum Gasteiger partial charge on any atom is -0.480 e. The van der Waals surface area contributed by atoms with Gasteiger partial charge in [0, 0.05) is 13.1 Å². The summed E-state index contributed by atoms with van der Waals surface area (Å²) >= 11 is 0. The first-order valence-corrected chi connectivity index (χ1v) is 4.26. The Morgan fingerprint density at radius 3 is 3.00 bits per heavy atom. The van der Waals surface area contributed by atoms with Gasteiger partial charge < -0.3 is 15.3 Å². The van der Waals surface area contributed by atoms with Crippen LogP contribution in [0.1, 0.15) is 6.42 Å². The molecule has 0 aromatic carbocycles. The molecule has 6 nitrogen and oxygen atoms in total. The Labute approximate surface area is 81.1 Å². The van der Waals surface area contributed by atoms with Crippen LogP contribution >= 0.6 is 0 Å². The Hall–Kier alpha value is -1.61. The van der Waals surface area contributed by atoms with Gasteiger partial charge in [-0.1, -0.05) is 0 Å². The molecule has 1 heterocycles. The lowest BCUT2D eigenvalue weighted by atomic mass is 10.1. The van der Waals surface area contributed by atoms with Crippen molar-refractivity contribution in [2.24, 2.45) is 0 Å². The molecule has 1 atom stereocenters. The van der Waals surface area contributed by atoms with Crippen molar-refractivity contribution in [3.8, 4) is 6.07 Å². The summed E-state index contributed by atoms with van der Waals surface area (Å²) in [5, 5.41) is 20.1. The lowest BCUT2D eigenvalue weighted by Crippen LogP contribution is -2.54. The number of piperazine rings is 1. The Kier molecular flexibility index (Phi) is 3.42. The van der Waals surface area contributed by atoms with Gasteiger partial charge >= 0.3 is 5.97 Å². The SMILES string of the molecule is N#CCC(C(=O)O)N1CCNCC1=O. The molecular weight excluding hydrogens is 186 g/mol. The Morgan fingerprint density at radius 2 is 2.50 bits per heavy atom. The number of carbonyl (C=O) groups excluding carboxylic acids is 1. The van der Waals surface area contributed by atoms with Crippen LogP contribution in [-0.4, -0.2) is 47.6 Å². The topological polar surface area (TPSA) is 93.4 Å². The van der Waals surface area contributed by atoms with Gasteiger partial charge in [0.1, 0.15) is 6.04 Å². The van der Waals surface area contributed by atoms with E-state index in [0.29, 0.717) is 13.1 Å². The molecule has 0 aromatic rings. The monoisotopic (exact) mass is 197 g/mol. The molecular formula is C8H11N3O3. The van der Waals surface area contributed by atoms with E-state index >= 15 is 0 Å². The molecule has 0 spiro atoms. The van der Waals surface area contributed by atoms with Gasteiger partial charge in [-0.05, 0) is 0 Å². The molecule has 0 aliphatic carbocycles. The van der Waals surface area contributed by atoms with Crippen molar-refractivity contribution >= 4 is 11.9 Å². The summed E-state index contributed by atoms with van der Waals surface area (Å²) < 4.78 is 0. The maximum absolute atomic E-state index is 11.3. The average Bonchev–Trinajstić information content (AvgIpc) is 2.15. The lowest BCUT2D eigenvalue weighted by molar-refractivity contribution is -0.150. The highest BCUT2D eigenvalue weighted by Gasteiger charge is 2.30. The van der Waals surface area contributed by atoms with Crippen molar-refractivity contribution in [3.63, 3.8) is 0 Å². The Morgan fingerprint density at radius 1 is 1.79 bits per heavy atom. The molecule has 1 aliphatic heterocycles. The fourth-order valence-corrected chi connectivity index (χ4v) is 1.37. The molecule has 1 rings (SSSR count). The molecule has 1 saturated heterocycles. The van der Waals surface area contributed by atoms with E-state index in [1.165, 1.54) is 4.90 Å². The molecule has 1 fully saturated rings. The maximum Gasteiger partial charge on any atom is 0.327 e. The maximum atomic E-state index is 11.3. The number of nitrogens with one attached hydrogen (secondary N) is 1. The van der Waals surface area contributed by atoms with Crippen molar-refractivity contribution in [3.05, 3.63) is 0 Å². The van der Waals surface area contributed by atoms with Crippen LogP contribution in [0.15, 0.2) is 0 Å². The van der Waals surface area contributed by atoms with Crippen molar-refractivity contribution in [1.29, 1.82) is 5.26 Å². The smallest absolute Gasteiger partial charge is 0.327 e. The summed E-state index contributed by atoms with van der Waals surface area (Å²) in [6, 6.07) is 0.767. The molecule has 0 saturated carbocycles. The van der Waals surface area contributed by atoms with Gasteiger partial charge in [-0.2, -0.15) is 5.26 Å². The summed E-state index contributed by atoms with van der Waals surface area (Å²) in [6.07, 6.45) is -0.166. The standard InChI is InChI=1S/C8H11N3O3/c9-2-1-6(8(13)14)11-4-3-10-5-7(11)12/h6,10H,1,3-5H2,(H,13,14). The molecule has 2 N–H and O–H groups in total. The number of nitrogens with zero attached hydrogens (tertiary/aromatic N) is 2. The normalized spacial score (nSPS) is 18.8. The quantitative estimate of drug-likeness (QED) is 0.591. The Bertz CT molecular complexity index is 284. The third-order valence-corrected chi connectivity index (χ3v) is 2.07. The molecule has 14 heavy (non-hydrogen) atoms. The molecule has 0 radical (unpaired) electrons. The van der Waals surface area contributed by atoms with Crippen molar-refractivity contribution in [2.75, 3.05) is 19.6 Å². The zero-order valence-corrected chi connectivity index (χ0v) is 7.56. The number of nitriles is 1. The van der Waals surface area contributed by atoms with E-state index in [0.717, 1.165) is 0 Å². The number of hydrogen-bond acceptors (Lipinski definition) is 4. The van der Waals surface area contributed by atoms with E-state index in [9.17, 15) is 9.59 Å². The minimum absolute atomic E-state index is 0.148. The lowest BCUT2D eigenvalue weighted by Gasteiger charge is -2.31. The van der Waals surface area contributed by atoms with E-state index in [-0.39, 0.29) is 18.9 Å². The second-order valence-corrected chi connectivity index (χ2v) is 2.98. The number of carbonyl (C=O) groups is 2. The summed E-state index contributed by atoms with van der Waals surface area (Å²) in [5.41, 5.74) is 0. The zero-order chi connectivity index (χ0) is 10.6. The number of carboxylic acids is 1. The molecule has 1 unspecified atom stereocenters. The molecule has 1 aliphatic rings. The van der Waals surface area contributed by atoms with Crippen LogP contribution < -0.4 is 5.32 Å². The van der Waals surface area contributed by atoms with Crippen molar-refractivity contribution in [1.82, 2.24) is 10.2 Å². The summed E-state index contributed by atoms with van der Waals surface area (Å²) in [6.45, 7) is 1.06. The zero-order valence-electron chi connectivity index (χ0n) is 7.56. The third kappa shape index (κ3) is 2.20. The molecule has 6 heteroatoms. The first-order chi connectivity index (χ1) is 6.66. The highest BCUT2D eigenvalue weighted by atomic mass is 16.4. The van der Waals surface area contributed by atoms with E-state index in [2.05, 4.69) is 5.32 Å². The van der Waals surface area contributed by atoms with Gasteiger partial charge in [0.05, 0.1) is 19.0 Å². The number of hydrogen-bond donors (Lipinski definition) is 2. The van der Waals surface area contributed by atoms with Crippen LogP contribution in [0.2, 0.25) is 0 Å². The van der Waals surface area contributed by atoms with E-state index in [1.807, 2.05) is 0 Å². The van der Waals surface area contributed by atoms with Crippen LogP contribution in [-0.2, 0) is 9.59 Å². The highest BCUT2D eigenvalue weighted by molar-refractivity contribution is 5.85. The van der Waals surface area contributed by atoms with E-state index in [1.54, 1.807) is 6.07 Å². The fourth-order valence-electron chi connectivity index (χ4n) is 1.37. The average molecular weight is 197 g/mol. The molecule has 76 valence electrons.